The zero-order valence-corrected chi connectivity index (χ0v) is 10.7. The Morgan fingerprint density at radius 3 is 2.68 bits per heavy atom. The second kappa shape index (κ2) is 5.05. The van der Waals surface area contributed by atoms with Gasteiger partial charge in [0, 0.05) is 31.2 Å². The molecule has 19 heavy (non-hydrogen) atoms. The topological polar surface area (TPSA) is 65.8 Å². The fourth-order valence-electron chi connectivity index (χ4n) is 2.78. The number of rotatable bonds is 3. The third kappa shape index (κ3) is 2.49. The van der Waals surface area contributed by atoms with Crippen molar-refractivity contribution < 1.29 is 14.0 Å². The number of nitrogens with zero attached hydrogens (tertiary/aromatic N) is 2. The highest BCUT2D eigenvalue weighted by Crippen LogP contribution is 2.20. The third-order valence-corrected chi connectivity index (χ3v) is 3.79. The van der Waals surface area contributed by atoms with Crippen LogP contribution in [0.15, 0.2) is 23.0 Å². The molecule has 0 bridgehead atoms. The second-order valence-corrected chi connectivity index (χ2v) is 5.06. The van der Waals surface area contributed by atoms with Gasteiger partial charge in [0.25, 0.3) is 0 Å². The average Bonchev–Trinajstić information content (AvgIpc) is 3.02. The van der Waals surface area contributed by atoms with Crippen molar-refractivity contribution in [3.63, 3.8) is 0 Å². The van der Waals surface area contributed by atoms with Crippen LogP contribution in [0.25, 0.3) is 0 Å². The largest absolute Gasteiger partial charge is 0.472 e. The Balaban J connectivity index is 1.54. The van der Waals surface area contributed by atoms with Crippen molar-refractivity contribution in [1.82, 2.24) is 15.1 Å². The van der Waals surface area contributed by atoms with Crippen molar-refractivity contribution in [1.29, 1.82) is 0 Å². The maximum absolute atomic E-state index is 11.6. The van der Waals surface area contributed by atoms with E-state index in [0.717, 1.165) is 38.0 Å². The van der Waals surface area contributed by atoms with E-state index in [2.05, 4.69) is 10.2 Å². The van der Waals surface area contributed by atoms with Crippen molar-refractivity contribution in [3.8, 4) is 0 Å². The first kappa shape index (κ1) is 12.2. The number of furan rings is 1. The molecule has 0 atom stereocenters. The first-order valence-electron chi connectivity index (χ1n) is 6.57. The molecule has 0 radical (unpaired) electrons. The molecule has 6 nitrogen and oxygen atoms in total. The number of hydrogen-bond acceptors (Lipinski definition) is 4. The fourth-order valence-corrected chi connectivity index (χ4v) is 2.78. The molecule has 1 aromatic heterocycles. The van der Waals surface area contributed by atoms with Gasteiger partial charge in [0.05, 0.1) is 19.1 Å². The maximum atomic E-state index is 11.6. The third-order valence-electron chi connectivity index (χ3n) is 3.79. The molecule has 3 heterocycles. The van der Waals surface area contributed by atoms with Crippen LogP contribution in [0.4, 0.5) is 4.79 Å². The minimum absolute atomic E-state index is 0.0515. The summed E-state index contributed by atoms with van der Waals surface area (Å²) in [6, 6.07) is 1.78. The van der Waals surface area contributed by atoms with Gasteiger partial charge in [-0.3, -0.25) is 14.6 Å². The van der Waals surface area contributed by atoms with Crippen LogP contribution in [0.5, 0.6) is 0 Å². The minimum Gasteiger partial charge on any atom is -0.472 e. The molecule has 1 N–H and O–H groups in total. The summed E-state index contributed by atoms with van der Waals surface area (Å²) < 4.78 is 5.05. The van der Waals surface area contributed by atoms with Gasteiger partial charge in [-0.25, -0.2) is 4.79 Å². The summed E-state index contributed by atoms with van der Waals surface area (Å²) in [5, 5.41) is 2.58. The number of hydrogen-bond donors (Lipinski definition) is 1. The van der Waals surface area contributed by atoms with Crippen LogP contribution < -0.4 is 5.32 Å². The van der Waals surface area contributed by atoms with Gasteiger partial charge in [-0.05, 0) is 18.9 Å². The highest BCUT2D eigenvalue weighted by molar-refractivity contribution is 6.02. The van der Waals surface area contributed by atoms with Gasteiger partial charge in [-0.15, -0.1) is 0 Å². The van der Waals surface area contributed by atoms with E-state index in [1.165, 1.54) is 4.90 Å². The SMILES string of the molecule is O=C1CNC(=O)N1C1CCN(Cc2ccoc2)CC1. The van der Waals surface area contributed by atoms with Crippen LogP contribution in [-0.4, -0.2) is 47.4 Å². The van der Waals surface area contributed by atoms with Gasteiger partial charge in [-0.2, -0.15) is 0 Å². The summed E-state index contributed by atoms with van der Waals surface area (Å²) in [7, 11) is 0. The molecular formula is C13H17N3O3. The second-order valence-electron chi connectivity index (χ2n) is 5.06. The molecule has 102 valence electrons. The van der Waals surface area contributed by atoms with Crippen molar-refractivity contribution in [3.05, 3.63) is 24.2 Å². The highest BCUT2D eigenvalue weighted by atomic mass is 16.3. The normalized spacial score (nSPS) is 22.0. The van der Waals surface area contributed by atoms with Crippen molar-refractivity contribution in [2.75, 3.05) is 19.6 Å². The number of carbonyl (C=O) groups is 2. The molecule has 2 aliphatic heterocycles. The van der Waals surface area contributed by atoms with Gasteiger partial charge in [0.1, 0.15) is 0 Å². The molecule has 3 amide bonds. The molecule has 0 spiro atoms. The maximum Gasteiger partial charge on any atom is 0.324 e. The molecule has 0 saturated carbocycles. The van der Waals surface area contributed by atoms with Crippen LogP contribution >= 0.6 is 0 Å². The van der Waals surface area contributed by atoms with E-state index in [1.807, 2.05) is 6.07 Å². The number of imide groups is 1. The Labute approximate surface area is 111 Å². The molecule has 2 saturated heterocycles. The zero-order valence-electron chi connectivity index (χ0n) is 10.7. The standard InChI is InChI=1S/C13H17N3O3/c17-12-7-14-13(18)16(12)11-1-4-15(5-2-11)8-10-3-6-19-9-10/h3,6,9,11H,1-2,4-5,7-8H2,(H,14,18). The summed E-state index contributed by atoms with van der Waals surface area (Å²) in [5.74, 6) is -0.0988. The number of urea groups is 1. The van der Waals surface area contributed by atoms with Crippen molar-refractivity contribution in [2.24, 2.45) is 0 Å². The van der Waals surface area contributed by atoms with Crippen LogP contribution in [0.2, 0.25) is 0 Å². The predicted octanol–water partition coefficient (Wildman–Crippen LogP) is 0.796. The molecule has 0 unspecified atom stereocenters. The Bertz CT molecular complexity index is 447. The lowest BCUT2D eigenvalue weighted by Gasteiger charge is -2.34. The lowest BCUT2D eigenvalue weighted by Crippen LogP contribution is -2.47. The lowest BCUT2D eigenvalue weighted by molar-refractivity contribution is -0.127. The Hall–Kier alpha value is -1.82. The summed E-state index contributed by atoms with van der Waals surface area (Å²) in [6.07, 6.45) is 5.12. The Morgan fingerprint density at radius 2 is 2.11 bits per heavy atom. The Kier molecular flexibility index (Phi) is 3.25. The van der Waals surface area contributed by atoms with Gasteiger partial charge in [-0.1, -0.05) is 0 Å². The van der Waals surface area contributed by atoms with Crippen LogP contribution in [-0.2, 0) is 11.3 Å². The fraction of sp³-hybridized carbons (Fsp3) is 0.538. The van der Waals surface area contributed by atoms with Gasteiger partial charge < -0.3 is 9.73 Å². The lowest BCUT2D eigenvalue weighted by atomic mass is 10.0. The molecule has 0 aliphatic carbocycles. The molecule has 0 aromatic carbocycles. The van der Waals surface area contributed by atoms with Gasteiger partial charge in [0.2, 0.25) is 5.91 Å². The molecule has 2 aliphatic rings. The Morgan fingerprint density at radius 1 is 1.32 bits per heavy atom. The molecule has 2 fully saturated rings. The average molecular weight is 263 g/mol. The number of piperidine rings is 1. The predicted molar refractivity (Wildman–Crippen MR) is 67.3 cm³/mol. The molecule has 1 aromatic rings. The van der Waals surface area contributed by atoms with Crippen molar-refractivity contribution >= 4 is 11.9 Å². The number of carbonyl (C=O) groups excluding carboxylic acids is 2. The van der Waals surface area contributed by atoms with E-state index in [9.17, 15) is 9.59 Å². The molecular weight excluding hydrogens is 246 g/mol. The first-order chi connectivity index (χ1) is 9.24. The first-order valence-corrected chi connectivity index (χ1v) is 6.57. The summed E-state index contributed by atoms with van der Waals surface area (Å²) in [4.78, 5) is 26.9. The smallest absolute Gasteiger partial charge is 0.324 e. The van der Waals surface area contributed by atoms with E-state index in [1.54, 1.807) is 12.5 Å². The highest BCUT2D eigenvalue weighted by Gasteiger charge is 2.36. The van der Waals surface area contributed by atoms with E-state index in [4.69, 9.17) is 4.42 Å². The number of nitrogens with one attached hydrogen (secondary N) is 1. The summed E-state index contributed by atoms with van der Waals surface area (Å²) in [6.45, 7) is 2.80. The van der Waals surface area contributed by atoms with Crippen LogP contribution in [0.3, 0.4) is 0 Å². The van der Waals surface area contributed by atoms with Crippen LogP contribution in [0.1, 0.15) is 18.4 Å². The zero-order chi connectivity index (χ0) is 13.2. The quantitative estimate of drug-likeness (QED) is 0.819. The van der Waals surface area contributed by atoms with Gasteiger partial charge >= 0.3 is 6.03 Å². The molecule has 6 heteroatoms. The summed E-state index contributed by atoms with van der Waals surface area (Å²) in [5.41, 5.74) is 1.16. The summed E-state index contributed by atoms with van der Waals surface area (Å²) >= 11 is 0. The monoisotopic (exact) mass is 263 g/mol. The number of amides is 3. The van der Waals surface area contributed by atoms with Gasteiger partial charge in [0.15, 0.2) is 0 Å². The number of likely N-dealkylation sites (tertiary alicyclic amines) is 1. The van der Waals surface area contributed by atoms with E-state index in [0.29, 0.717) is 0 Å². The van der Waals surface area contributed by atoms with E-state index < -0.39 is 0 Å². The van der Waals surface area contributed by atoms with E-state index in [-0.39, 0.29) is 24.5 Å². The molecule has 3 rings (SSSR count). The van der Waals surface area contributed by atoms with E-state index >= 15 is 0 Å². The van der Waals surface area contributed by atoms with Crippen LogP contribution in [0, 0.1) is 0 Å². The van der Waals surface area contributed by atoms with Crippen molar-refractivity contribution in [2.45, 2.75) is 25.4 Å². The minimum atomic E-state index is -0.238.